The van der Waals surface area contributed by atoms with Gasteiger partial charge in [0.25, 0.3) is 0 Å². The highest BCUT2D eigenvalue weighted by Crippen LogP contribution is 2.23. The molecule has 0 aliphatic heterocycles. The molecule has 0 aliphatic rings. The predicted molar refractivity (Wildman–Crippen MR) is 73.0 cm³/mol. The smallest absolute Gasteiger partial charge is 0.162 e. The van der Waals surface area contributed by atoms with Gasteiger partial charge in [0.1, 0.15) is 0 Å². The predicted octanol–water partition coefficient (Wildman–Crippen LogP) is 3.56. The molecule has 0 aliphatic carbocycles. The summed E-state index contributed by atoms with van der Waals surface area (Å²) in [6.45, 7) is 2.40. The van der Waals surface area contributed by atoms with Gasteiger partial charge in [-0.2, -0.15) is 0 Å². The van der Waals surface area contributed by atoms with E-state index in [1.807, 2.05) is 31.2 Å². The molecule has 0 aromatic heterocycles. The number of hydrogen-bond donors (Lipinski definition) is 1. The van der Waals surface area contributed by atoms with E-state index in [9.17, 15) is 8.78 Å². The Bertz CT molecular complexity index is 566. The average molecular weight is 261 g/mol. The highest BCUT2D eigenvalue weighted by atomic mass is 19.2. The number of benzene rings is 2. The van der Waals surface area contributed by atoms with Gasteiger partial charge in [0, 0.05) is 5.92 Å². The van der Waals surface area contributed by atoms with Crippen molar-refractivity contribution >= 4 is 0 Å². The molecule has 1 unspecified atom stereocenters. The summed E-state index contributed by atoms with van der Waals surface area (Å²) in [5.74, 6) is -1.58. The van der Waals surface area contributed by atoms with Crippen LogP contribution in [-0.2, 0) is 6.42 Å². The summed E-state index contributed by atoms with van der Waals surface area (Å²) in [5.41, 5.74) is 8.34. The summed E-state index contributed by atoms with van der Waals surface area (Å²) in [7, 11) is 0. The van der Waals surface area contributed by atoms with Crippen LogP contribution in [0.3, 0.4) is 0 Å². The van der Waals surface area contributed by atoms with Crippen molar-refractivity contribution < 1.29 is 8.78 Å². The van der Waals surface area contributed by atoms with Crippen LogP contribution in [0.4, 0.5) is 8.78 Å². The lowest BCUT2D eigenvalue weighted by atomic mass is 9.91. The summed E-state index contributed by atoms with van der Waals surface area (Å²) in [6.07, 6.45) is 0.406. The first-order valence-electron chi connectivity index (χ1n) is 6.31. The molecular weight excluding hydrogens is 244 g/mol. The van der Waals surface area contributed by atoms with Crippen LogP contribution in [0.2, 0.25) is 0 Å². The zero-order chi connectivity index (χ0) is 13.8. The highest BCUT2D eigenvalue weighted by molar-refractivity contribution is 5.29. The molecule has 1 nitrogen and oxygen atoms in total. The van der Waals surface area contributed by atoms with E-state index >= 15 is 0 Å². The van der Waals surface area contributed by atoms with Gasteiger partial charge in [-0.1, -0.05) is 42.0 Å². The van der Waals surface area contributed by atoms with Crippen molar-refractivity contribution in [3.63, 3.8) is 0 Å². The van der Waals surface area contributed by atoms with Gasteiger partial charge in [-0.15, -0.1) is 0 Å². The minimum absolute atomic E-state index is 0.00352. The van der Waals surface area contributed by atoms with Gasteiger partial charge in [0.15, 0.2) is 11.6 Å². The molecule has 2 rings (SSSR count). The fourth-order valence-electron chi connectivity index (χ4n) is 2.23. The summed E-state index contributed by atoms with van der Waals surface area (Å²) >= 11 is 0. The van der Waals surface area contributed by atoms with Crippen LogP contribution < -0.4 is 5.73 Å². The van der Waals surface area contributed by atoms with E-state index < -0.39 is 11.6 Å². The van der Waals surface area contributed by atoms with E-state index in [-0.39, 0.29) is 5.92 Å². The average Bonchev–Trinajstić information content (AvgIpc) is 2.40. The van der Waals surface area contributed by atoms with Gasteiger partial charge in [-0.3, -0.25) is 0 Å². The highest BCUT2D eigenvalue weighted by Gasteiger charge is 2.15. The molecule has 3 heteroatoms. The van der Waals surface area contributed by atoms with Crippen molar-refractivity contribution in [3.05, 3.63) is 70.8 Å². The molecule has 0 saturated carbocycles. The maximum atomic E-state index is 13.7. The Morgan fingerprint density at radius 2 is 1.84 bits per heavy atom. The maximum absolute atomic E-state index is 13.7. The summed E-state index contributed by atoms with van der Waals surface area (Å²) in [5, 5.41) is 0. The van der Waals surface area contributed by atoms with Crippen LogP contribution in [0, 0.1) is 18.6 Å². The summed E-state index contributed by atoms with van der Waals surface area (Å²) in [6, 6.07) is 12.2. The molecular formula is C16H17F2N. The zero-order valence-electron chi connectivity index (χ0n) is 10.9. The summed E-state index contributed by atoms with van der Waals surface area (Å²) < 4.78 is 26.9. The molecule has 2 aromatic rings. The van der Waals surface area contributed by atoms with E-state index in [1.165, 1.54) is 6.07 Å². The first-order valence-corrected chi connectivity index (χ1v) is 6.31. The number of hydrogen-bond acceptors (Lipinski definition) is 1. The van der Waals surface area contributed by atoms with Gasteiger partial charge in [-0.05, 0) is 37.1 Å². The van der Waals surface area contributed by atoms with Crippen molar-refractivity contribution in [2.45, 2.75) is 19.3 Å². The molecule has 2 N–H and O–H groups in total. The third-order valence-electron chi connectivity index (χ3n) is 3.30. The Hall–Kier alpha value is -1.74. The van der Waals surface area contributed by atoms with Crippen LogP contribution in [0.5, 0.6) is 0 Å². The van der Waals surface area contributed by atoms with E-state index in [4.69, 9.17) is 5.73 Å². The molecule has 0 radical (unpaired) electrons. The lowest BCUT2D eigenvalue weighted by molar-refractivity contribution is 0.493. The fourth-order valence-corrected chi connectivity index (χ4v) is 2.23. The van der Waals surface area contributed by atoms with Crippen molar-refractivity contribution in [2.24, 2.45) is 5.73 Å². The van der Waals surface area contributed by atoms with Gasteiger partial charge in [0.2, 0.25) is 0 Å². The van der Waals surface area contributed by atoms with Gasteiger partial charge in [0.05, 0.1) is 0 Å². The Morgan fingerprint density at radius 1 is 1.11 bits per heavy atom. The molecule has 0 fully saturated rings. The van der Waals surface area contributed by atoms with Crippen LogP contribution in [0.1, 0.15) is 22.6 Å². The number of nitrogens with two attached hydrogens (primary N) is 1. The van der Waals surface area contributed by atoms with Crippen LogP contribution in [0.25, 0.3) is 0 Å². The van der Waals surface area contributed by atoms with E-state index in [2.05, 4.69) is 0 Å². The standard InChI is InChI=1S/C16H17F2N/c1-11-4-2-5-12(8-11)14(10-19)9-13-6-3-7-15(17)16(13)18/h2-8,14H,9-10,19H2,1H3. The zero-order valence-corrected chi connectivity index (χ0v) is 10.9. The van der Waals surface area contributed by atoms with Crippen LogP contribution in [-0.4, -0.2) is 6.54 Å². The molecule has 0 spiro atoms. The third kappa shape index (κ3) is 3.18. The third-order valence-corrected chi connectivity index (χ3v) is 3.30. The second-order valence-electron chi connectivity index (χ2n) is 4.76. The summed E-state index contributed by atoms with van der Waals surface area (Å²) in [4.78, 5) is 0. The molecule has 19 heavy (non-hydrogen) atoms. The Kier molecular flexibility index (Phi) is 4.27. The van der Waals surface area contributed by atoms with E-state index in [0.29, 0.717) is 18.5 Å². The lowest BCUT2D eigenvalue weighted by Gasteiger charge is -2.16. The van der Waals surface area contributed by atoms with Gasteiger partial charge < -0.3 is 5.73 Å². The Balaban J connectivity index is 2.26. The number of halogens is 2. The Labute approximate surface area is 112 Å². The molecule has 0 amide bonds. The van der Waals surface area contributed by atoms with Crippen molar-refractivity contribution in [1.82, 2.24) is 0 Å². The lowest BCUT2D eigenvalue weighted by Crippen LogP contribution is -2.16. The quantitative estimate of drug-likeness (QED) is 0.894. The molecule has 100 valence electrons. The molecule has 1 atom stereocenters. The van der Waals surface area contributed by atoms with Crippen molar-refractivity contribution in [3.8, 4) is 0 Å². The Morgan fingerprint density at radius 3 is 2.53 bits per heavy atom. The molecule has 0 heterocycles. The second-order valence-corrected chi connectivity index (χ2v) is 4.76. The monoisotopic (exact) mass is 261 g/mol. The number of aryl methyl sites for hydroxylation is 1. The van der Waals surface area contributed by atoms with Crippen LogP contribution in [0.15, 0.2) is 42.5 Å². The SMILES string of the molecule is Cc1cccc(C(CN)Cc2cccc(F)c2F)c1. The molecule has 0 saturated heterocycles. The van der Waals surface area contributed by atoms with E-state index in [1.54, 1.807) is 6.07 Å². The number of rotatable bonds is 4. The maximum Gasteiger partial charge on any atom is 0.162 e. The first kappa shape index (κ1) is 13.7. The minimum Gasteiger partial charge on any atom is -0.330 e. The van der Waals surface area contributed by atoms with Crippen molar-refractivity contribution in [1.29, 1.82) is 0 Å². The van der Waals surface area contributed by atoms with Gasteiger partial charge >= 0.3 is 0 Å². The van der Waals surface area contributed by atoms with Crippen LogP contribution >= 0.6 is 0 Å². The molecule has 0 bridgehead atoms. The second kappa shape index (κ2) is 5.93. The topological polar surface area (TPSA) is 26.0 Å². The molecule has 2 aromatic carbocycles. The first-order chi connectivity index (χ1) is 9.11. The van der Waals surface area contributed by atoms with Crippen molar-refractivity contribution in [2.75, 3.05) is 6.54 Å². The van der Waals surface area contributed by atoms with E-state index in [0.717, 1.165) is 17.2 Å². The van der Waals surface area contributed by atoms with Gasteiger partial charge in [-0.25, -0.2) is 8.78 Å². The minimum atomic E-state index is -0.808. The fraction of sp³-hybridized carbons (Fsp3) is 0.250. The largest absolute Gasteiger partial charge is 0.330 e. The normalized spacial score (nSPS) is 12.4.